The lowest BCUT2D eigenvalue weighted by Crippen LogP contribution is -2.67. The zero-order chi connectivity index (χ0) is 18.3. The third-order valence-corrected chi connectivity index (χ3v) is 4.36. The van der Waals surface area contributed by atoms with Gasteiger partial charge in [0.05, 0.1) is 5.54 Å². The number of ether oxygens (including phenoxy) is 1. The van der Waals surface area contributed by atoms with Crippen molar-refractivity contribution in [1.82, 2.24) is 15.1 Å². The van der Waals surface area contributed by atoms with Crippen molar-refractivity contribution in [3.05, 3.63) is 0 Å². The molecule has 2 aliphatic heterocycles. The average Bonchev–Trinajstić information content (AvgIpc) is 2.62. The van der Waals surface area contributed by atoms with Gasteiger partial charge in [0.25, 0.3) is 0 Å². The maximum atomic E-state index is 12.7. The molecule has 1 N–H and O–H groups in total. The Labute approximate surface area is 139 Å². The number of carbonyl (C=O) groups is 2. The Morgan fingerprint density at radius 3 is 2.50 bits per heavy atom. The van der Waals surface area contributed by atoms with Gasteiger partial charge in [-0.05, 0) is 33.6 Å². The number of nitrogens with zero attached hydrogens (tertiary/aromatic N) is 2. The van der Waals surface area contributed by atoms with Crippen LogP contribution in [-0.4, -0.2) is 71.8 Å². The van der Waals surface area contributed by atoms with Gasteiger partial charge < -0.3 is 15.0 Å². The normalized spacial score (nSPS) is 27.1. The second kappa shape index (κ2) is 6.09. The number of hydrogen-bond acceptors (Lipinski definition) is 4. The molecule has 0 aromatic carbocycles. The topological polar surface area (TPSA) is 61.9 Å². The van der Waals surface area contributed by atoms with E-state index in [0.717, 1.165) is 7.05 Å². The summed E-state index contributed by atoms with van der Waals surface area (Å²) in [4.78, 5) is 26.2. The van der Waals surface area contributed by atoms with E-state index in [0.29, 0.717) is 30.8 Å². The third-order valence-electron chi connectivity index (χ3n) is 4.36. The van der Waals surface area contributed by atoms with Gasteiger partial charge in [-0.15, -0.1) is 0 Å². The Bertz CT molecular complexity index is 514. The Hall–Kier alpha value is -1.51. The lowest BCUT2D eigenvalue weighted by atomic mass is 9.95. The molecule has 6 nitrogen and oxygen atoms in total. The minimum atomic E-state index is -4.93. The molecular formula is C15H24F3N3O3. The molecule has 138 valence electrons. The Kier molecular flexibility index (Phi) is 4.78. The van der Waals surface area contributed by atoms with Gasteiger partial charge in [0.1, 0.15) is 5.60 Å². The summed E-state index contributed by atoms with van der Waals surface area (Å²) in [7, 11) is 1.11. The van der Waals surface area contributed by atoms with Crippen LogP contribution in [0.3, 0.4) is 0 Å². The fourth-order valence-corrected chi connectivity index (χ4v) is 3.51. The minimum Gasteiger partial charge on any atom is -0.444 e. The summed E-state index contributed by atoms with van der Waals surface area (Å²) in [5, 5.41) is 3.15. The number of halogens is 3. The molecule has 0 aromatic heterocycles. The van der Waals surface area contributed by atoms with Crippen LogP contribution in [0.25, 0.3) is 0 Å². The van der Waals surface area contributed by atoms with Crippen LogP contribution >= 0.6 is 0 Å². The van der Waals surface area contributed by atoms with E-state index in [2.05, 4.69) is 5.32 Å². The third kappa shape index (κ3) is 3.76. The largest absolute Gasteiger partial charge is 0.471 e. The maximum Gasteiger partial charge on any atom is 0.471 e. The first-order valence-corrected chi connectivity index (χ1v) is 7.91. The van der Waals surface area contributed by atoms with Crippen LogP contribution in [0.2, 0.25) is 0 Å². The van der Waals surface area contributed by atoms with Crippen molar-refractivity contribution >= 4 is 12.0 Å². The van der Waals surface area contributed by atoms with Crippen LogP contribution in [0.5, 0.6) is 0 Å². The van der Waals surface area contributed by atoms with E-state index < -0.39 is 29.3 Å². The van der Waals surface area contributed by atoms with Crippen LogP contribution in [-0.2, 0) is 9.53 Å². The lowest BCUT2D eigenvalue weighted by Gasteiger charge is -2.46. The van der Waals surface area contributed by atoms with Crippen LogP contribution in [0.1, 0.15) is 33.6 Å². The molecule has 2 atom stereocenters. The number of hydrogen-bond donors (Lipinski definition) is 1. The zero-order valence-corrected chi connectivity index (χ0v) is 14.4. The predicted molar refractivity (Wildman–Crippen MR) is 80.4 cm³/mol. The highest BCUT2D eigenvalue weighted by Crippen LogP contribution is 2.38. The van der Waals surface area contributed by atoms with Gasteiger partial charge >= 0.3 is 18.2 Å². The number of piperazine rings is 1. The van der Waals surface area contributed by atoms with Gasteiger partial charge in [0, 0.05) is 32.7 Å². The second-order valence-corrected chi connectivity index (χ2v) is 7.56. The summed E-state index contributed by atoms with van der Waals surface area (Å²) in [6.07, 6.45) is -4.28. The highest BCUT2D eigenvalue weighted by atomic mass is 19.4. The number of rotatable bonds is 2. The molecule has 0 aliphatic carbocycles. The van der Waals surface area contributed by atoms with Crippen molar-refractivity contribution < 1.29 is 27.5 Å². The van der Waals surface area contributed by atoms with Crippen LogP contribution < -0.4 is 5.32 Å². The summed E-state index contributed by atoms with van der Waals surface area (Å²) in [6.45, 7) is 5.92. The second-order valence-electron chi connectivity index (χ2n) is 7.56. The molecule has 0 saturated carbocycles. The van der Waals surface area contributed by atoms with Gasteiger partial charge in [-0.25, -0.2) is 4.79 Å². The van der Waals surface area contributed by atoms with E-state index in [1.54, 1.807) is 20.8 Å². The minimum absolute atomic E-state index is 0.136. The number of amides is 2. The summed E-state index contributed by atoms with van der Waals surface area (Å²) in [5.74, 6) is -1.91. The number of likely N-dealkylation sites (N-methyl/N-ethyl adjacent to an activating group) is 1. The highest BCUT2D eigenvalue weighted by Gasteiger charge is 2.54. The molecule has 2 amide bonds. The molecule has 2 fully saturated rings. The molecule has 2 saturated heterocycles. The Balaban J connectivity index is 2.21. The average molecular weight is 351 g/mol. The first-order chi connectivity index (χ1) is 10.9. The SMILES string of the molecule is CN(CC12CCC(CNC1)N2C(=O)OC(C)(C)C)C(=O)C(F)(F)F. The summed E-state index contributed by atoms with van der Waals surface area (Å²) >= 11 is 0. The number of carbonyl (C=O) groups excluding carboxylic acids is 2. The van der Waals surface area contributed by atoms with Gasteiger partial charge in [0.2, 0.25) is 0 Å². The zero-order valence-electron chi connectivity index (χ0n) is 14.4. The van der Waals surface area contributed by atoms with Crippen molar-refractivity contribution in [2.75, 3.05) is 26.7 Å². The van der Waals surface area contributed by atoms with E-state index in [9.17, 15) is 22.8 Å². The molecule has 2 bridgehead atoms. The summed E-state index contributed by atoms with van der Waals surface area (Å²) in [5.41, 5.74) is -1.57. The molecule has 24 heavy (non-hydrogen) atoms. The van der Waals surface area contributed by atoms with Crippen molar-refractivity contribution in [3.63, 3.8) is 0 Å². The summed E-state index contributed by atoms with van der Waals surface area (Å²) in [6, 6.07) is -0.136. The first kappa shape index (κ1) is 18.8. The van der Waals surface area contributed by atoms with Gasteiger partial charge in [-0.1, -0.05) is 0 Å². The highest BCUT2D eigenvalue weighted by molar-refractivity contribution is 5.81. The van der Waals surface area contributed by atoms with Crippen molar-refractivity contribution in [3.8, 4) is 0 Å². The van der Waals surface area contributed by atoms with Gasteiger partial charge in [-0.2, -0.15) is 13.2 Å². The molecule has 0 aromatic rings. The Morgan fingerprint density at radius 2 is 1.96 bits per heavy atom. The van der Waals surface area contributed by atoms with Crippen molar-refractivity contribution in [2.24, 2.45) is 0 Å². The molecule has 2 heterocycles. The fraction of sp³-hybridized carbons (Fsp3) is 0.867. The Morgan fingerprint density at radius 1 is 1.33 bits per heavy atom. The number of alkyl halides is 3. The standard InChI is InChI=1S/C15H24F3N3O3/c1-13(2,3)24-12(23)21-10-5-6-14(21,8-19-7-10)9-20(4)11(22)15(16,17)18/h10,19H,5-9H2,1-4H3. The molecule has 2 rings (SSSR count). The van der Waals surface area contributed by atoms with Gasteiger partial charge in [0.15, 0.2) is 0 Å². The fourth-order valence-electron chi connectivity index (χ4n) is 3.51. The molecular weight excluding hydrogens is 327 g/mol. The molecule has 9 heteroatoms. The number of nitrogens with one attached hydrogen (secondary N) is 1. The van der Waals surface area contributed by atoms with Crippen LogP contribution in [0.4, 0.5) is 18.0 Å². The van der Waals surface area contributed by atoms with Gasteiger partial charge in [-0.3, -0.25) is 9.69 Å². The first-order valence-electron chi connectivity index (χ1n) is 7.91. The quantitative estimate of drug-likeness (QED) is 0.823. The van der Waals surface area contributed by atoms with Crippen LogP contribution in [0.15, 0.2) is 0 Å². The van der Waals surface area contributed by atoms with E-state index >= 15 is 0 Å². The van der Waals surface area contributed by atoms with E-state index in [4.69, 9.17) is 4.74 Å². The lowest BCUT2D eigenvalue weighted by molar-refractivity contribution is -0.185. The van der Waals surface area contributed by atoms with Crippen molar-refractivity contribution in [1.29, 1.82) is 0 Å². The van der Waals surface area contributed by atoms with E-state index in [1.807, 2.05) is 0 Å². The summed E-state index contributed by atoms with van der Waals surface area (Å²) < 4.78 is 43.4. The smallest absolute Gasteiger partial charge is 0.444 e. The molecule has 0 spiro atoms. The molecule has 2 unspecified atom stereocenters. The van der Waals surface area contributed by atoms with Crippen molar-refractivity contribution in [2.45, 2.75) is 57.0 Å². The number of fused-ring (bicyclic) bond motifs is 2. The molecule has 2 aliphatic rings. The van der Waals surface area contributed by atoms with E-state index in [-0.39, 0.29) is 12.6 Å². The predicted octanol–water partition coefficient (Wildman–Crippen LogP) is 1.75. The van der Waals surface area contributed by atoms with Crippen LogP contribution in [0, 0.1) is 0 Å². The van der Waals surface area contributed by atoms with E-state index in [1.165, 1.54) is 4.90 Å². The maximum absolute atomic E-state index is 12.7. The monoisotopic (exact) mass is 351 g/mol. The molecule has 0 radical (unpaired) electrons.